The van der Waals surface area contributed by atoms with Crippen molar-refractivity contribution in [2.75, 3.05) is 6.61 Å². The van der Waals surface area contributed by atoms with Crippen LogP contribution in [-0.4, -0.2) is 12.6 Å². The summed E-state index contributed by atoms with van der Waals surface area (Å²) >= 11 is 0. The zero-order valence-electron chi connectivity index (χ0n) is 10.6. The molecule has 1 heterocycles. The van der Waals surface area contributed by atoms with Gasteiger partial charge in [-0.1, -0.05) is 18.7 Å². The Kier molecular flexibility index (Phi) is 3.80. The summed E-state index contributed by atoms with van der Waals surface area (Å²) in [6, 6.07) is 6.98. The third-order valence-corrected chi connectivity index (χ3v) is 2.72. The first-order valence-electron chi connectivity index (χ1n) is 5.97. The number of benzene rings is 1. The molecule has 0 aliphatic carbocycles. The van der Waals surface area contributed by atoms with E-state index >= 15 is 0 Å². The molecule has 0 radical (unpaired) electrons. The van der Waals surface area contributed by atoms with Crippen LogP contribution in [0.15, 0.2) is 51.9 Å². The van der Waals surface area contributed by atoms with E-state index in [0.29, 0.717) is 16.5 Å². The molecule has 0 aliphatic rings. The van der Waals surface area contributed by atoms with Gasteiger partial charge in [0.15, 0.2) is 5.43 Å². The van der Waals surface area contributed by atoms with Gasteiger partial charge < -0.3 is 9.15 Å². The quantitative estimate of drug-likeness (QED) is 0.624. The minimum Gasteiger partial charge on any atom is -0.464 e. The Hall–Kier alpha value is -2.36. The van der Waals surface area contributed by atoms with Gasteiger partial charge >= 0.3 is 5.97 Å². The lowest BCUT2D eigenvalue weighted by Gasteiger charge is -2.05. The van der Waals surface area contributed by atoms with Crippen LogP contribution in [0.1, 0.15) is 12.5 Å². The maximum absolute atomic E-state index is 12.2. The van der Waals surface area contributed by atoms with Gasteiger partial charge in [-0.25, -0.2) is 4.79 Å². The Morgan fingerprint density at radius 1 is 1.37 bits per heavy atom. The van der Waals surface area contributed by atoms with Crippen LogP contribution in [0, 0.1) is 0 Å². The lowest BCUT2D eigenvalue weighted by molar-refractivity contribution is -0.138. The maximum atomic E-state index is 12.2. The monoisotopic (exact) mass is 258 g/mol. The van der Waals surface area contributed by atoms with E-state index in [0.717, 1.165) is 0 Å². The number of esters is 1. The molecule has 98 valence electrons. The summed E-state index contributed by atoms with van der Waals surface area (Å²) in [6.45, 7) is 5.63. The molecule has 1 aromatic heterocycles. The first kappa shape index (κ1) is 13.1. The summed E-state index contributed by atoms with van der Waals surface area (Å²) in [4.78, 5) is 23.7. The van der Waals surface area contributed by atoms with Crippen molar-refractivity contribution in [3.05, 3.63) is 58.5 Å². The Labute approximate surface area is 110 Å². The van der Waals surface area contributed by atoms with Crippen molar-refractivity contribution in [2.45, 2.75) is 13.3 Å². The molecular formula is C15H14O4. The van der Waals surface area contributed by atoms with Gasteiger partial charge in [-0.2, -0.15) is 0 Å². The van der Waals surface area contributed by atoms with Crippen LogP contribution in [0.5, 0.6) is 0 Å². The average Bonchev–Trinajstić information content (AvgIpc) is 2.42. The topological polar surface area (TPSA) is 56.5 Å². The Morgan fingerprint density at radius 3 is 2.84 bits per heavy atom. The van der Waals surface area contributed by atoms with Crippen LogP contribution in [0.4, 0.5) is 0 Å². The molecule has 2 rings (SSSR count). The molecule has 0 N–H and O–H groups in total. The lowest BCUT2D eigenvalue weighted by atomic mass is 10.1. The molecular weight excluding hydrogens is 244 g/mol. The SMILES string of the molecule is C=C(Cc1coc2ccccc2c1=O)C(=O)OCC. The predicted molar refractivity (Wildman–Crippen MR) is 72.0 cm³/mol. The summed E-state index contributed by atoms with van der Waals surface area (Å²) in [5.74, 6) is -0.491. The van der Waals surface area contributed by atoms with E-state index in [1.54, 1.807) is 31.2 Å². The van der Waals surface area contributed by atoms with E-state index in [1.807, 2.05) is 0 Å². The molecule has 0 spiro atoms. The van der Waals surface area contributed by atoms with Crippen molar-refractivity contribution in [1.29, 1.82) is 0 Å². The molecule has 0 saturated carbocycles. The van der Waals surface area contributed by atoms with Crippen LogP contribution in [0.3, 0.4) is 0 Å². The van der Waals surface area contributed by atoms with Crippen molar-refractivity contribution >= 4 is 16.9 Å². The van der Waals surface area contributed by atoms with E-state index in [2.05, 4.69) is 6.58 Å². The Balaban J connectivity index is 2.32. The number of ether oxygens (including phenoxy) is 1. The minimum absolute atomic E-state index is 0.131. The molecule has 0 aliphatic heterocycles. The highest BCUT2D eigenvalue weighted by Gasteiger charge is 2.13. The number of hydrogen-bond donors (Lipinski definition) is 0. The Morgan fingerprint density at radius 2 is 2.11 bits per heavy atom. The highest BCUT2D eigenvalue weighted by atomic mass is 16.5. The molecule has 0 atom stereocenters. The number of carbonyl (C=O) groups is 1. The van der Waals surface area contributed by atoms with Crippen LogP contribution >= 0.6 is 0 Å². The van der Waals surface area contributed by atoms with Gasteiger partial charge in [0.1, 0.15) is 5.58 Å². The molecule has 0 bridgehead atoms. The van der Waals surface area contributed by atoms with E-state index in [-0.39, 0.29) is 24.0 Å². The number of hydrogen-bond acceptors (Lipinski definition) is 4. The minimum atomic E-state index is -0.491. The molecule has 19 heavy (non-hydrogen) atoms. The van der Waals surface area contributed by atoms with Gasteiger partial charge in [0.25, 0.3) is 0 Å². The summed E-state index contributed by atoms with van der Waals surface area (Å²) in [7, 11) is 0. The summed E-state index contributed by atoms with van der Waals surface area (Å²) in [6.07, 6.45) is 1.50. The third-order valence-electron chi connectivity index (χ3n) is 2.72. The molecule has 4 nitrogen and oxygen atoms in total. The highest BCUT2D eigenvalue weighted by molar-refractivity contribution is 5.88. The third kappa shape index (κ3) is 2.73. The molecule has 1 aromatic carbocycles. The van der Waals surface area contributed by atoms with Crippen molar-refractivity contribution in [2.24, 2.45) is 0 Å². The van der Waals surface area contributed by atoms with E-state index < -0.39 is 5.97 Å². The first-order chi connectivity index (χ1) is 9.13. The van der Waals surface area contributed by atoms with Crippen molar-refractivity contribution < 1.29 is 13.9 Å². The highest BCUT2D eigenvalue weighted by Crippen LogP contribution is 2.12. The zero-order chi connectivity index (χ0) is 13.8. The largest absolute Gasteiger partial charge is 0.464 e. The smallest absolute Gasteiger partial charge is 0.333 e. The Bertz CT molecular complexity index is 682. The molecule has 0 amide bonds. The van der Waals surface area contributed by atoms with Crippen molar-refractivity contribution in [3.8, 4) is 0 Å². The second kappa shape index (κ2) is 5.52. The molecule has 0 fully saturated rings. The van der Waals surface area contributed by atoms with Crippen LogP contribution < -0.4 is 5.43 Å². The number of fused-ring (bicyclic) bond motifs is 1. The second-order valence-electron chi connectivity index (χ2n) is 4.09. The predicted octanol–water partition coefficient (Wildman–Crippen LogP) is 2.45. The summed E-state index contributed by atoms with van der Waals surface area (Å²) in [5, 5.41) is 0.497. The van der Waals surface area contributed by atoms with Crippen LogP contribution in [0.25, 0.3) is 11.0 Å². The number of carbonyl (C=O) groups excluding carboxylic acids is 1. The number of rotatable bonds is 4. The average molecular weight is 258 g/mol. The van der Waals surface area contributed by atoms with Crippen LogP contribution in [0.2, 0.25) is 0 Å². The second-order valence-corrected chi connectivity index (χ2v) is 4.09. The van der Waals surface area contributed by atoms with E-state index in [4.69, 9.17) is 9.15 Å². The molecule has 0 unspecified atom stereocenters. The summed E-state index contributed by atoms with van der Waals surface area (Å²) < 4.78 is 10.2. The summed E-state index contributed by atoms with van der Waals surface area (Å²) in [5.41, 5.74) is 1.02. The fourth-order valence-electron chi connectivity index (χ4n) is 1.78. The lowest BCUT2D eigenvalue weighted by Crippen LogP contribution is -2.14. The van der Waals surface area contributed by atoms with Crippen molar-refractivity contribution in [1.82, 2.24) is 0 Å². The zero-order valence-corrected chi connectivity index (χ0v) is 10.6. The fourth-order valence-corrected chi connectivity index (χ4v) is 1.78. The van der Waals surface area contributed by atoms with Gasteiger partial charge in [-0.15, -0.1) is 0 Å². The van der Waals surface area contributed by atoms with Crippen molar-refractivity contribution in [3.63, 3.8) is 0 Å². The normalized spacial score (nSPS) is 10.4. The van der Waals surface area contributed by atoms with E-state index in [1.165, 1.54) is 6.26 Å². The standard InChI is InChI=1S/C15H14O4/c1-3-18-15(17)10(2)8-11-9-19-13-7-5-4-6-12(13)14(11)16/h4-7,9H,2-3,8H2,1H3. The van der Waals surface area contributed by atoms with Crippen LogP contribution in [-0.2, 0) is 16.0 Å². The van der Waals surface area contributed by atoms with Gasteiger partial charge in [-0.05, 0) is 19.1 Å². The van der Waals surface area contributed by atoms with Gasteiger partial charge in [-0.3, -0.25) is 4.79 Å². The molecule has 2 aromatic rings. The maximum Gasteiger partial charge on any atom is 0.333 e. The first-order valence-corrected chi connectivity index (χ1v) is 5.97. The fraction of sp³-hybridized carbons (Fsp3) is 0.200. The van der Waals surface area contributed by atoms with E-state index in [9.17, 15) is 9.59 Å². The number of para-hydroxylation sites is 1. The van der Waals surface area contributed by atoms with Gasteiger partial charge in [0, 0.05) is 17.6 Å². The van der Waals surface area contributed by atoms with Gasteiger partial charge in [0.05, 0.1) is 18.3 Å². The molecule has 0 saturated heterocycles. The van der Waals surface area contributed by atoms with Gasteiger partial charge in [0.2, 0.25) is 0 Å². The molecule has 4 heteroatoms.